The molecule has 0 aliphatic carbocycles. The van der Waals surface area contributed by atoms with Gasteiger partial charge in [-0.3, -0.25) is 0 Å². The minimum Gasteiger partial charge on any atom is -0.466 e. The fourth-order valence-corrected chi connectivity index (χ4v) is 2.84. The molecule has 0 N–H and O–H groups in total. The fourth-order valence-electron chi connectivity index (χ4n) is 2.62. The van der Waals surface area contributed by atoms with Crippen molar-refractivity contribution in [1.29, 1.82) is 0 Å². The van der Waals surface area contributed by atoms with Gasteiger partial charge in [-0.2, -0.15) is 0 Å². The molecule has 0 amide bonds. The van der Waals surface area contributed by atoms with Gasteiger partial charge in [0.25, 0.3) is 0 Å². The van der Waals surface area contributed by atoms with Gasteiger partial charge in [0.2, 0.25) is 0 Å². The zero-order valence-electron chi connectivity index (χ0n) is 16.5. The van der Waals surface area contributed by atoms with E-state index in [9.17, 15) is 9.59 Å². The number of ether oxygens (including phenoxy) is 2. The van der Waals surface area contributed by atoms with Crippen LogP contribution in [-0.2, 0) is 14.3 Å². The number of hydrogen-bond donors (Lipinski definition) is 0. The second kappa shape index (κ2) is 8.05. The highest BCUT2D eigenvalue weighted by Gasteiger charge is 2.24. The molecule has 0 spiro atoms. The van der Waals surface area contributed by atoms with Crippen LogP contribution in [0.4, 0.5) is 4.79 Å². The molecule has 0 saturated heterocycles. The molecule has 29 heavy (non-hydrogen) atoms. The summed E-state index contributed by atoms with van der Waals surface area (Å²) in [4.78, 5) is 33.3. The monoisotopic (exact) mass is 413 g/mol. The zero-order valence-corrected chi connectivity index (χ0v) is 17.2. The largest absolute Gasteiger partial charge is 0.466 e. The van der Waals surface area contributed by atoms with Crippen molar-refractivity contribution in [2.24, 2.45) is 0 Å². The highest BCUT2D eigenvalue weighted by Crippen LogP contribution is 2.29. The molecule has 0 fully saturated rings. The van der Waals surface area contributed by atoms with Crippen LogP contribution in [0.5, 0.6) is 0 Å². The molecule has 0 radical (unpaired) electrons. The Bertz CT molecular complexity index is 1100. The third-order valence-corrected chi connectivity index (χ3v) is 4.13. The van der Waals surface area contributed by atoms with E-state index >= 15 is 0 Å². The lowest BCUT2D eigenvalue weighted by molar-refractivity contribution is -0.134. The molecule has 0 aliphatic heterocycles. The Morgan fingerprint density at radius 2 is 1.83 bits per heavy atom. The average molecular weight is 414 g/mol. The lowest BCUT2D eigenvalue weighted by atomic mass is 10.2. The SMILES string of the molecule is COC(=O)/C=C/c1cc2c(Cl)nc(-c3ccccc3)nc2n1C(=O)OC(C)(C)C. The molecule has 1 aromatic carbocycles. The molecule has 0 aliphatic rings. The van der Waals surface area contributed by atoms with Gasteiger partial charge in [0.15, 0.2) is 11.5 Å². The Morgan fingerprint density at radius 3 is 2.45 bits per heavy atom. The number of hydrogen-bond acceptors (Lipinski definition) is 6. The zero-order chi connectivity index (χ0) is 21.2. The number of carbonyl (C=O) groups is 2. The van der Waals surface area contributed by atoms with Crippen LogP contribution in [0.1, 0.15) is 26.5 Å². The van der Waals surface area contributed by atoms with Crippen molar-refractivity contribution in [3.05, 3.63) is 53.3 Å². The third kappa shape index (κ3) is 4.63. The number of esters is 1. The standard InChI is InChI=1S/C21H20ClN3O4/c1-21(2,3)29-20(27)25-14(10-11-16(26)28-4)12-15-17(22)23-18(24-19(15)25)13-8-6-5-7-9-13/h5-12H,1-4H3/b11-10+. The number of halogens is 1. The summed E-state index contributed by atoms with van der Waals surface area (Å²) in [5.74, 6) is -0.192. The van der Waals surface area contributed by atoms with E-state index in [1.807, 2.05) is 30.3 Å². The summed E-state index contributed by atoms with van der Waals surface area (Å²) in [6.45, 7) is 5.29. The molecule has 0 atom stereocenters. The highest BCUT2D eigenvalue weighted by atomic mass is 35.5. The van der Waals surface area contributed by atoms with E-state index in [1.165, 1.54) is 23.8 Å². The minimum absolute atomic E-state index is 0.184. The molecule has 0 saturated carbocycles. The minimum atomic E-state index is -0.726. The third-order valence-electron chi connectivity index (χ3n) is 3.84. The molecular weight excluding hydrogens is 394 g/mol. The van der Waals surface area contributed by atoms with Gasteiger partial charge in [-0.15, -0.1) is 0 Å². The van der Waals surface area contributed by atoms with E-state index in [4.69, 9.17) is 16.3 Å². The van der Waals surface area contributed by atoms with Crippen molar-refractivity contribution in [2.75, 3.05) is 7.11 Å². The molecule has 150 valence electrons. The Balaban J connectivity index is 2.23. The second-order valence-corrected chi connectivity index (χ2v) is 7.54. The first-order valence-corrected chi connectivity index (χ1v) is 9.21. The van der Waals surface area contributed by atoms with Crippen LogP contribution in [0, 0.1) is 0 Å². The molecule has 7 nitrogen and oxygen atoms in total. The van der Waals surface area contributed by atoms with Crippen LogP contribution in [0.25, 0.3) is 28.5 Å². The van der Waals surface area contributed by atoms with E-state index in [0.29, 0.717) is 16.9 Å². The quantitative estimate of drug-likeness (QED) is 0.351. The molecule has 2 heterocycles. The van der Waals surface area contributed by atoms with Gasteiger partial charge in [0.1, 0.15) is 10.8 Å². The smallest absolute Gasteiger partial charge is 0.420 e. The van der Waals surface area contributed by atoms with Crippen molar-refractivity contribution in [2.45, 2.75) is 26.4 Å². The number of nitrogens with zero attached hydrogens (tertiary/aromatic N) is 3. The average Bonchev–Trinajstić information content (AvgIpc) is 3.04. The number of benzene rings is 1. The van der Waals surface area contributed by atoms with Crippen LogP contribution < -0.4 is 0 Å². The Kier molecular flexibility index (Phi) is 5.70. The summed E-state index contributed by atoms with van der Waals surface area (Å²) in [6, 6.07) is 10.9. The first-order chi connectivity index (χ1) is 13.7. The summed E-state index contributed by atoms with van der Waals surface area (Å²) in [6.07, 6.45) is 2.00. The fraction of sp³-hybridized carbons (Fsp3) is 0.238. The number of carbonyl (C=O) groups excluding carboxylic acids is 2. The van der Waals surface area contributed by atoms with Crippen molar-refractivity contribution in [3.8, 4) is 11.4 Å². The second-order valence-electron chi connectivity index (χ2n) is 7.18. The predicted molar refractivity (Wildman–Crippen MR) is 111 cm³/mol. The van der Waals surface area contributed by atoms with Gasteiger partial charge in [0.05, 0.1) is 18.2 Å². The van der Waals surface area contributed by atoms with Crippen LogP contribution in [0.2, 0.25) is 5.15 Å². The van der Waals surface area contributed by atoms with Crippen LogP contribution in [-0.4, -0.2) is 39.3 Å². The summed E-state index contributed by atoms with van der Waals surface area (Å²) in [5, 5.41) is 0.644. The molecule has 0 bridgehead atoms. The first kappa shape index (κ1) is 20.5. The molecule has 8 heteroatoms. The van der Waals surface area contributed by atoms with Gasteiger partial charge in [-0.1, -0.05) is 41.9 Å². The van der Waals surface area contributed by atoms with Crippen molar-refractivity contribution >= 4 is 40.8 Å². The number of aromatic nitrogens is 3. The summed E-state index contributed by atoms with van der Waals surface area (Å²) in [7, 11) is 1.27. The van der Waals surface area contributed by atoms with Gasteiger partial charge in [0, 0.05) is 11.6 Å². The normalized spacial score (nSPS) is 11.8. The van der Waals surface area contributed by atoms with Crippen LogP contribution in [0.3, 0.4) is 0 Å². The Labute approximate surface area is 172 Å². The van der Waals surface area contributed by atoms with Gasteiger partial charge in [-0.05, 0) is 32.9 Å². The van der Waals surface area contributed by atoms with Crippen molar-refractivity contribution < 1.29 is 19.1 Å². The molecular formula is C21H20ClN3O4. The summed E-state index contributed by atoms with van der Waals surface area (Å²) < 4.78 is 11.4. The van der Waals surface area contributed by atoms with E-state index in [1.54, 1.807) is 26.8 Å². The van der Waals surface area contributed by atoms with E-state index in [0.717, 1.165) is 5.56 Å². The summed E-state index contributed by atoms with van der Waals surface area (Å²) in [5.41, 5.74) is 0.666. The lowest BCUT2D eigenvalue weighted by Crippen LogP contribution is -2.27. The maximum absolute atomic E-state index is 12.9. The Hall–Kier alpha value is -3.19. The highest BCUT2D eigenvalue weighted by molar-refractivity contribution is 6.34. The summed E-state index contributed by atoms with van der Waals surface area (Å²) >= 11 is 6.39. The van der Waals surface area contributed by atoms with E-state index < -0.39 is 17.7 Å². The van der Waals surface area contributed by atoms with Crippen LogP contribution in [0.15, 0.2) is 42.5 Å². The topological polar surface area (TPSA) is 83.3 Å². The van der Waals surface area contributed by atoms with Crippen LogP contribution >= 0.6 is 11.6 Å². The molecule has 2 aromatic heterocycles. The maximum atomic E-state index is 12.9. The van der Waals surface area contributed by atoms with Gasteiger partial charge >= 0.3 is 12.1 Å². The number of rotatable bonds is 3. The number of fused-ring (bicyclic) bond motifs is 1. The van der Waals surface area contributed by atoms with Gasteiger partial charge < -0.3 is 9.47 Å². The number of methoxy groups -OCH3 is 1. The predicted octanol–water partition coefficient (Wildman–Crippen LogP) is 4.72. The molecule has 3 rings (SSSR count). The van der Waals surface area contributed by atoms with E-state index in [-0.39, 0.29) is 10.8 Å². The molecule has 3 aromatic rings. The Morgan fingerprint density at radius 1 is 1.14 bits per heavy atom. The van der Waals surface area contributed by atoms with Crippen molar-refractivity contribution in [1.82, 2.24) is 14.5 Å². The van der Waals surface area contributed by atoms with Crippen molar-refractivity contribution in [3.63, 3.8) is 0 Å². The van der Waals surface area contributed by atoms with Gasteiger partial charge in [-0.25, -0.2) is 24.1 Å². The lowest BCUT2D eigenvalue weighted by Gasteiger charge is -2.20. The van der Waals surface area contributed by atoms with E-state index in [2.05, 4.69) is 14.7 Å². The maximum Gasteiger partial charge on any atom is 0.420 e. The first-order valence-electron chi connectivity index (χ1n) is 8.83. The molecule has 0 unspecified atom stereocenters.